The van der Waals surface area contributed by atoms with Crippen molar-refractivity contribution in [1.29, 1.82) is 0 Å². The predicted octanol–water partition coefficient (Wildman–Crippen LogP) is 3.69. The lowest BCUT2D eigenvalue weighted by Gasteiger charge is -2.11. The summed E-state index contributed by atoms with van der Waals surface area (Å²) in [6.07, 6.45) is 7.10. The minimum atomic E-state index is 0.409. The fourth-order valence-corrected chi connectivity index (χ4v) is 3.10. The van der Waals surface area contributed by atoms with Crippen LogP contribution in [-0.2, 0) is 13.2 Å². The second kappa shape index (κ2) is 6.50. The van der Waals surface area contributed by atoms with E-state index in [9.17, 15) is 0 Å². The number of ether oxygens (including phenoxy) is 1. The van der Waals surface area contributed by atoms with E-state index < -0.39 is 0 Å². The van der Waals surface area contributed by atoms with Gasteiger partial charge in [0.15, 0.2) is 0 Å². The van der Waals surface area contributed by atoms with Crippen LogP contribution in [-0.4, -0.2) is 9.78 Å². The van der Waals surface area contributed by atoms with Crippen LogP contribution < -0.4 is 10.5 Å². The molecule has 1 aromatic heterocycles. The van der Waals surface area contributed by atoms with Crippen LogP contribution in [0.3, 0.4) is 0 Å². The predicted molar refractivity (Wildman–Crippen MR) is 83.4 cm³/mol. The molecule has 1 heterocycles. The standard InChI is InChI=1S/C16H20ClN3O/c17-15-7-3-4-12(10-18)16(15)21-11-13-8-9-20(19-13)14-5-1-2-6-14/h3-4,7-9,14H,1-2,5-6,10-11,18H2. The molecule has 0 spiro atoms. The van der Waals surface area contributed by atoms with Crippen LogP contribution in [0.5, 0.6) is 5.75 Å². The number of rotatable bonds is 5. The summed E-state index contributed by atoms with van der Waals surface area (Å²) in [4.78, 5) is 0. The first-order valence-corrected chi connectivity index (χ1v) is 7.80. The summed E-state index contributed by atoms with van der Waals surface area (Å²) < 4.78 is 7.90. The second-order valence-electron chi connectivity index (χ2n) is 5.45. The number of para-hydroxylation sites is 1. The van der Waals surface area contributed by atoms with Crippen LogP contribution in [0.15, 0.2) is 30.5 Å². The number of nitrogens with two attached hydrogens (primary N) is 1. The first-order chi connectivity index (χ1) is 10.3. The summed E-state index contributed by atoms with van der Waals surface area (Å²) in [6.45, 7) is 0.822. The Morgan fingerprint density at radius 3 is 2.86 bits per heavy atom. The normalized spacial score (nSPS) is 15.5. The lowest BCUT2D eigenvalue weighted by Crippen LogP contribution is -2.07. The molecule has 0 bridgehead atoms. The molecule has 2 aromatic rings. The van der Waals surface area contributed by atoms with Crippen molar-refractivity contribution >= 4 is 11.6 Å². The maximum absolute atomic E-state index is 6.18. The molecular weight excluding hydrogens is 286 g/mol. The summed E-state index contributed by atoms with van der Waals surface area (Å²) >= 11 is 6.18. The third-order valence-corrected chi connectivity index (χ3v) is 4.29. The van der Waals surface area contributed by atoms with Crippen molar-refractivity contribution in [3.8, 4) is 5.75 Å². The van der Waals surface area contributed by atoms with E-state index in [0.717, 1.165) is 11.3 Å². The second-order valence-corrected chi connectivity index (χ2v) is 5.85. The van der Waals surface area contributed by atoms with Gasteiger partial charge in [-0.05, 0) is 25.0 Å². The smallest absolute Gasteiger partial charge is 0.142 e. The molecule has 4 nitrogen and oxygen atoms in total. The van der Waals surface area contributed by atoms with Crippen LogP contribution in [0, 0.1) is 0 Å². The van der Waals surface area contributed by atoms with Crippen molar-refractivity contribution in [2.24, 2.45) is 5.73 Å². The Morgan fingerprint density at radius 1 is 1.29 bits per heavy atom. The molecular formula is C16H20ClN3O. The Bertz CT molecular complexity index is 605. The molecule has 0 radical (unpaired) electrons. The molecule has 1 aliphatic rings. The van der Waals surface area contributed by atoms with Crippen LogP contribution >= 0.6 is 11.6 Å². The number of benzene rings is 1. The lowest BCUT2D eigenvalue weighted by atomic mass is 10.2. The Hall–Kier alpha value is -1.52. The Kier molecular flexibility index (Phi) is 4.46. The molecule has 112 valence electrons. The Balaban J connectivity index is 1.68. The van der Waals surface area contributed by atoms with Gasteiger partial charge in [0.1, 0.15) is 12.4 Å². The minimum Gasteiger partial charge on any atom is -0.485 e. The average molecular weight is 306 g/mol. The molecule has 3 rings (SSSR count). The molecule has 5 heteroatoms. The van der Waals surface area contributed by atoms with Gasteiger partial charge in [0, 0.05) is 18.3 Å². The van der Waals surface area contributed by atoms with Gasteiger partial charge in [-0.15, -0.1) is 0 Å². The van der Waals surface area contributed by atoms with E-state index in [1.807, 2.05) is 30.5 Å². The van der Waals surface area contributed by atoms with E-state index in [-0.39, 0.29) is 0 Å². The molecule has 1 aliphatic carbocycles. The summed E-state index contributed by atoms with van der Waals surface area (Å²) in [5, 5.41) is 5.20. The number of hydrogen-bond donors (Lipinski definition) is 1. The van der Waals surface area contributed by atoms with Gasteiger partial charge in [0.25, 0.3) is 0 Å². The van der Waals surface area contributed by atoms with Crippen molar-refractivity contribution in [3.63, 3.8) is 0 Å². The van der Waals surface area contributed by atoms with Gasteiger partial charge >= 0.3 is 0 Å². The maximum Gasteiger partial charge on any atom is 0.142 e. The van der Waals surface area contributed by atoms with Gasteiger partial charge in [0.2, 0.25) is 0 Å². The third kappa shape index (κ3) is 3.22. The topological polar surface area (TPSA) is 53.1 Å². The van der Waals surface area contributed by atoms with Crippen LogP contribution in [0.1, 0.15) is 43.0 Å². The molecule has 0 aliphatic heterocycles. The lowest BCUT2D eigenvalue weighted by molar-refractivity contribution is 0.295. The fourth-order valence-electron chi connectivity index (χ4n) is 2.85. The molecule has 1 aromatic carbocycles. The average Bonchev–Trinajstić information content (AvgIpc) is 3.16. The van der Waals surface area contributed by atoms with Gasteiger partial charge in [-0.1, -0.05) is 36.6 Å². The Morgan fingerprint density at radius 2 is 2.10 bits per heavy atom. The minimum absolute atomic E-state index is 0.409. The molecule has 0 atom stereocenters. The van der Waals surface area contributed by atoms with Crippen molar-refractivity contribution in [2.45, 2.75) is 44.9 Å². The highest BCUT2D eigenvalue weighted by Crippen LogP contribution is 2.30. The van der Waals surface area contributed by atoms with Gasteiger partial charge in [-0.2, -0.15) is 5.10 Å². The van der Waals surface area contributed by atoms with Gasteiger partial charge < -0.3 is 10.5 Å². The van der Waals surface area contributed by atoms with E-state index in [0.29, 0.717) is 30.0 Å². The third-order valence-electron chi connectivity index (χ3n) is 4.00. The van der Waals surface area contributed by atoms with Crippen LogP contribution in [0.4, 0.5) is 0 Å². The zero-order chi connectivity index (χ0) is 14.7. The quantitative estimate of drug-likeness (QED) is 0.916. The van der Waals surface area contributed by atoms with E-state index in [4.69, 9.17) is 22.1 Å². The molecule has 0 unspecified atom stereocenters. The molecule has 21 heavy (non-hydrogen) atoms. The van der Waals surface area contributed by atoms with Gasteiger partial charge in [0.05, 0.1) is 16.8 Å². The highest BCUT2D eigenvalue weighted by Gasteiger charge is 2.17. The molecule has 1 fully saturated rings. The number of nitrogens with zero attached hydrogens (tertiary/aromatic N) is 2. The highest BCUT2D eigenvalue weighted by atomic mass is 35.5. The SMILES string of the molecule is NCc1cccc(Cl)c1OCc1ccn(C2CCCC2)n1. The Labute approximate surface area is 129 Å². The summed E-state index contributed by atoms with van der Waals surface area (Å²) in [5.41, 5.74) is 7.55. The van der Waals surface area contributed by atoms with E-state index >= 15 is 0 Å². The van der Waals surface area contributed by atoms with Gasteiger partial charge in [-0.3, -0.25) is 4.68 Å². The maximum atomic E-state index is 6.18. The van der Waals surface area contributed by atoms with Crippen molar-refractivity contribution in [1.82, 2.24) is 9.78 Å². The monoisotopic (exact) mass is 305 g/mol. The molecule has 0 saturated heterocycles. The zero-order valence-corrected chi connectivity index (χ0v) is 12.7. The summed E-state index contributed by atoms with van der Waals surface area (Å²) in [7, 11) is 0. The van der Waals surface area contributed by atoms with Crippen LogP contribution in [0.25, 0.3) is 0 Å². The first-order valence-electron chi connectivity index (χ1n) is 7.42. The van der Waals surface area contributed by atoms with E-state index in [1.165, 1.54) is 25.7 Å². The van der Waals surface area contributed by atoms with E-state index in [1.54, 1.807) is 0 Å². The van der Waals surface area contributed by atoms with Crippen molar-refractivity contribution in [3.05, 3.63) is 46.7 Å². The number of hydrogen-bond acceptors (Lipinski definition) is 3. The van der Waals surface area contributed by atoms with Gasteiger partial charge in [-0.25, -0.2) is 0 Å². The molecule has 2 N–H and O–H groups in total. The number of halogens is 1. The van der Waals surface area contributed by atoms with Crippen molar-refractivity contribution < 1.29 is 4.74 Å². The van der Waals surface area contributed by atoms with Crippen LogP contribution in [0.2, 0.25) is 5.02 Å². The zero-order valence-electron chi connectivity index (χ0n) is 12.0. The molecule has 1 saturated carbocycles. The summed E-state index contributed by atoms with van der Waals surface area (Å²) in [6, 6.07) is 8.19. The van der Waals surface area contributed by atoms with Crippen molar-refractivity contribution in [2.75, 3.05) is 0 Å². The summed E-state index contributed by atoms with van der Waals surface area (Å²) in [5.74, 6) is 0.664. The largest absolute Gasteiger partial charge is 0.485 e. The van der Waals surface area contributed by atoms with E-state index in [2.05, 4.69) is 9.78 Å². The first kappa shape index (κ1) is 14.4. The highest BCUT2D eigenvalue weighted by molar-refractivity contribution is 6.32. The fraction of sp³-hybridized carbons (Fsp3) is 0.438. The number of aromatic nitrogens is 2. The molecule has 0 amide bonds.